The molecule has 0 radical (unpaired) electrons. The number of nitrogens with one attached hydrogen (secondary N) is 1. The van der Waals surface area contributed by atoms with E-state index in [0.717, 1.165) is 0 Å². The van der Waals surface area contributed by atoms with Gasteiger partial charge in [0.1, 0.15) is 15.9 Å². The van der Waals surface area contributed by atoms with Gasteiger partial charge in [-0.15, -0.1) is 0 Å². The van der Waals surface area contributed by atoms with Crippen LogP contribution in [0.15, 0.2) is 0 Å². The fourth-order valence-electron chi connectivity index (χ4n) is 1.48. The summed E-state index contributed by atoms with van der Waals surface area (Å²) < 4.78 is 22.1. The third-order valence-corrected chi connectivity index (χ3v) is 4.13. The van der Waals surface area contributed by atoms with Crippen molar-refractivity contribution >= 4 is 15.8 Å². The molecule has 0 aliphatic carbocycles. The molecule has 0 aromatic heterocycles. The zero-order chi connectivity index (χ0) is 10.8. The van der Waals surface area contributed by atoms with Crippen molar-refractivity contribution in [2.24, 2.45) is 0 Å². The van der Waals surface area contributed by atoms with Crippen molar-refractivity contribution in [3.8, 4) is 0 Å². The van der Waals surface area contributed by atoms with Crippen LogP contribution in [0.2, 0.25) is 0 Å². The molecule has 0 aromatic rings. The van der Waals surface area contributed by atoms with E-state index < -0.39 is 21.8 Å². The lowest BCUT2D eigenvalue weighted by Crippen LogP contribution is -2.45. The number of rotatable bonds is 3. The molecule has 0 spiro atoms. The van der Waals surface area contributed by atoms with E-state index in [0.29, 0.717) is 12.8 Å². The van der Waals surface area contributed by atoms with Gasteiger partial charge in [-0.25, -0.2) is 8.42 Å². The van der Waals surface area contributed by atoms with Crippen LogP contribution in [0.25, 0.3) is 0 Å². The molecule has 1 aliphatic rings. The Morgan fingerprint density at radius 3 is 2.36 bits per heavy atom. The Bertz CT molecular complexity index is 297. The summed E-state index contributed by atoms with van der Waals surface area (Å²) in [5, 5.41) is 11.5. The number of carboxylic acids is 1. The Hall–Kier alpha value is -0.620. The molecule has 1 saturated heterocycles. The third-order valence-electron chi connectivity index (χ3n) is 2.41. The van der Waals surface area contributed by atoms with Crippen molar-refractivity contribution in [2.75, 3.05) is 11.5 Å². The van der Waals surface area contributed by atoms with E-state index in [1.807, 2.05) is 0 Å². The molecule has 0 bridgehead atoms. The standard InChI is InChI=1S/C8H15NO4S/c1-6(8(10)11)9-7-2-4-14(12,13)5-3-7/h6-7,9H,2-5H2,1H3,(H,10,11)/t6-/m0/s1. The fraction of sp³-hybridized carbons (Fsp3) is 0.875. The van der Waals surface area contributed by atoms with E-state index in [-0.39, 0.29) is 17.5 Å². The summed E-state index contributed by atoms with van der Waals surface area (Å²) in [4.78, 5) is 10.5. The molecule has 6 heteroatoms. The first kappa shape index (κ1) is 11.5. The quantitative estimate of drug-likeness (QED) is 0.679. The smallest absolute Gasteiger partial charge is 0.320 e. The Morgan fingerprint density at radius 2 is 1.93 bits per heavy atom. The third kappa shape index (κ3) is 3.26. The van der Waals surface area contributed by atoms with Crippen LogP contribution in [0.4, 0.5) is 0 Å². The van der Waals surface area contributed by atoms with E-state index in [2.05, 4.69) is 5.32 Å². The predicted octanol–water partition coefficient (Wildman–Crippen LogP) is -0.374. The highest BCUT2D eigenvalue weighted by atomic mass is 32.2. The van der Waals surface area contributed by atoms with Gasteiger partial charge in [0.25, 0.3) is 0 Å². The maximum atomic E-state index is 11.1. The van der Waals surface area contributed by atoms with E-state index in [4.69, 9.17) is 5.11 Å². The van der Waals surface area contributed by atoms with Crippen LogP contribution in [0, 0.1) is 0 Å². The second kappa shape index (κ2) is 4.27. The molecule has 0 aromatic carbocycles. The van der Waals surface area contributed by atoms with Gasteiger partial charge >= 0.3 is 5.97 Å². The van der Waals surface area contributed by atoms with E-state index in [1.165, 1.54) is 0 Å². The highest BCUT2D eigenvalue weighted by Gasteiger charge is 2.25. The number of hydrogen-bond acceptors (Lipinski definition) is 4. The number of hydrogen-bond donors (Lipinski definition) is 2. The summed E-state index contributed by atoms with van der Waals surface area (Å²) in [5.41, 5.74) is 0. The van der Waals surface area contributed by atoms with Gasteiger partial charge in [0.15, 0.2) is 0 Å². The van der Waals surface area contributed by atoms with Gasteiger partial charge in [-0.05, 0) is 19.8 Å². The summed E-state index contributed by atoms with van der Waals surface area (Å²) in [5.74, 6) is -0.577. The van der Waals surface area contributed by atoms with Gasteiger partial charge in [0.2, 0.25) is 0 Å². The summed E-state index contributed by atoms with van der Waals surface area (Å²) in [7, 11) is -2.86. The molecule has 1 rings (SSSR count). The first-order chi connectivity index (χ1) is 6.41. The molecule has 0 saturated carbocycles. The Morgan fingerprint density at radius 1 is 1.43 bits per heavy atom. The first-order valence-corrected chi connectivity index (χ1v) is 6.42. The molecule has 14 heavy (non-hydrogen) atoms. The Kier molecular flexibility index (Phi) is 3.49. The molecule has 1 heterocycles. The summed E-state index contributed by atoms with van der Waals surface area (Å²) in [6, 6.07) is -0.592. The highest BCUT2D eigenvalue weighted by Crippen LogP contribution is 2.12. The molecular weight excluding hydrogens is 206 g/mol. The number of carbonyl (C=O) groups is 1. The Balaban J connectivity index is 2.40. The van der Waals surface area contributed by atoms with Crippen LogP contribution in [0.3, 0.4) is 0 Å². The first-order valence-electron chi connectivity index (χ1n) is 4.60. The van der Waals surface area contributed by atoms with Crippen LogP contribution < -0.4 is 5.32 Å². The largest absolute Gasteiger partial charge is 0.480 e. The monoisotopic (exact) mass is 221 g/mol. The van der Waals surface area contributed by atoms with E-state index in [1.54, 1.807) is 6.92 Å². The van der Waals surface area contributed by atoms with Gasteiger partial charge in [-0.3, -0.25) is 4.79 Å². The van der Waals surface area contributed by atoms with Gasteiger partial charge in [0, 0.05) is 6.04 Å². The average Bonchev–Trinajstić information content (AvgIpc) is 2.08. The molecular formula is C8H15NO4S. The van der Waals surface area contributed by atoms with Gasteiger partial charge in [0.05, 0.1) is 11.5 Å². The zero-order valence-corrected chi connectivity index (χ0v) is 8.88. The molecule has 1 fully saturated rings. The Labute approximate surface area is 83.4 Å². The molecule has 82 valence electrons. The van der Waals surface area contributed by atoms with Crippen molar-refractivity contribution in [1.29, 1.82) is 0 Å². The average molecular weight is 221 g/mol. The number of sulfone groups is 1. The molecule has 0 unspecified atom stereocenters. The highest BCUT2D eigenvalue weighted by molar-refractivity contribution is 7.91. The van der Waals surface area contributed by atoms with Crippen molar-refractivity contribution in [3.63, 3.8) is 0 Å². The maximum absolute atomic E-state index is 11.1. The van der Waals surface area contributed by atoms with Crippen LogP contribution in [-0.4, -0.2) is 43.1 Å². The molecule has 1 aliphatic heterocycles. The van der Waals surface area contributed by atoms with Crippen molar-refractivity contribution in [3.05, 3.63) is 0 Å². The lowest BCUT2D eigenvalue weighted by atomic mass is 10.1. The molecule has 0 amide bonds. The lowest BCUT2D eigenvalue weighted by molar-refractivity contribution is -0.139. The maximum Gasteiger partial charge on any atom is 0.320 e. The SMILES string of the molecule is C[C@H](NC1CCS(=O)(=O)CC1)C(=O)O. The van der Waals surface area contributed by atoms with Crippen LogP contribution in [-0.2, 0) is 14.6 Å². The summed E-state index contributed by atoms with van der Waals surface area (Å²) in [6.07, 6.45) is 1.03. The minimum Gasteiger partial charge on any atom is -0.480 e. The summed E-state index contributed by atoms with van der Waals surface area (Å²) >= 11 is 0. The number of aliphatic carboxylic acids is 1. The summed E-state index contributed by atoms with van der Waals surface area (Å²) in [6.45, 7) is 1.56. The minimum absolute atomic E-state index is 0.0182. The molecule has 1 atom stereocenters. The van der Waals surface area contributed by atoms with Crippen LogP contribution >= 0.6 is 0 Å². The molecule has 2 N–H and O–H groups in total. The number of carboxylic acid groups (broad SMARTS) is 1. The van der Waals surface area contributed by atoms with E-state index in [9.17, 15) is 13.2 Å². The second-order valence-corrected chi connectivity index (χ2v) is 5.96. The van der Waals surface area contributed by atoms with Crippen LogP contribution in [0.1, 0.15) is 19.8 Å². The van der Waals surface area contributed by atoms with E-state index >= 15 is 0 Å². The molecule has 5 nitrogen and oxygen atoms in total. The minimum atomic E-state index is -2.86. The fourth-order valence-corrected chi connectivity index (χ4v) is 2.97. The van der Waals surface area contributed by atoms with Gasteiger partial charge in [-0.2, -0.15) is 0 Å². The van der Waals surface area contributed by atoms with Crippen LogP contribution in [0.5, 0.6) is 0 Å². The van der Waals surface area contributed by atoms with Crippen molar-refractivity contribution in [1.82, 2.24) is 5.32 Å². The zero-order valence-electron chi connectivity index (χ0n) is 8.06. The van der Waals surface area contributed by atoms with Gasteiger partial charge < -0.3 is 10.4 Å². The second-order valence-electron chi connectivity index (χ2n) is 3.65. The van der Waals surface area contributed by atoms with Gasteiger partial charge in [-0.1, -0.05) is 0 Å². The normalized spacial score (nSPS) is 24.4. The van der Waals surface area contributed by atoms with Crippen molar-refractivity contribution < 1.29 is 18.3 Å². The predicted molar refractivity (Wildman–Crippen MR) is 51.9 cm³/mol. The topological polar surface area (TPSA) is 83.5 Å². The lowest BCUT2D eigenvalue weighted by Gasteiger charge is -2.24. The van der Waals surface area contributed by atoms with Crippen molar-refractivity contribution in [2.45, 2.75) is 31.8 Å².